The molecule has 1 aliphatic heterocycles. The molecule has 2 aromatic carbocycles. The molecule has 1 heterocycles. The SMILES string of the molecule is Nc1ccc(C(=O)N2CCCC2CC(O)c2ccccc2)cc1[N+](=O)[O-]. The second-order valence-corrected chi connectivity index (χ2v) is 6.49. The van der Waals surface area contributed by atoms with E-state index in [4.69, 9.17) is 5.73 Å². The Hall–Kier alpha value is -2.93. The van der Waals surface area contributed by atoms with Crippen LogP contribution in [-0.2, 0) is 0 Å². The van der Waals surface area contributed by atoms with Crippen LogP contribution in [0.3, 0.4) is 0 Å². The standard InChI is InChI=1S/C19H21N3O4/c20-16-9-8-14(11-17(16)22(25)26)19(24)21-10-4-7-15(21)12-18(23)13-5-2-1-3-6-13/h1-3,5-6,8-9,11,15,18,23H,4,7,10,12,20H2. The summed E-state index contributed by atoms with van der Waals surface area (Å²) in [5.41, 5.74) is 6.42. The smallest absolute Gasteiger partial charge is 0.292 e. The lowest BCUT2D eigenvalue weighted by Gasteiger charge is -2.27. The van der Waals surface area contributed by atoms with Gasteiger partial charge in [0.05, 0.1) is 11.0 Å². The number of hydrogen-bond acceptors (Lipinski definition) is 5. The highest BCUT2D eigenvalue weighted by Gasteiger charge is 2.32. The monoisotopic (exact) mass is 355 g/mol. The highest BCUT2D eigenvalue weighted by atomic mass is 16.6. The van der Waals surface area contributed by atoms with Crippen molar-refractivity contribution < 1.29 is 14.8 Å². The van der Waals surface area contributed by atoms with Crippen molar-refractivity contribution in [2.24, 2.45) is 0 Å². The molecule has 3 rings (SSSR count). The van der Waals surface area contributed by atoms with Crippen molar-refractivity contribution in [2.45, 2.75) is 31.4 Å². The van der Waals surface area contributed by atoms with Crippen molar-refractivity contribution in [3.05, 3.63) is 69.8 Å². The summed E-state index contributed by atoms with van der Waals surface area (Å²) >= 11 is 0. The molecule has 2 unspecified atom stereocenters. The van der Waals surface area contributed by atoms with Crippen molar-refractivity contribution in [3.63, 3.8) is 0 Å². The van der Waals surface area contributed by atoms with E-state index in [0.717, 1.165) is 18.4 Å². The lowest BCUT2D eigenvalue weighted by molar-refractivity contribution is -0.383. The van der Waals surface area contributed by atoms with Gasteiger partial charge in [-0.15, -0.1) is 0 Å². The zero-order valence-corrected chi connectivity index (χ0v) is 14.2. The Labute approximate surface area is 151 Å². The zero-order valence-electron chi connectivity index (χ0n) is 14.2. The molecule has 1 saturated heterocycles. The Bertz CT molecular complexity index is 810. The molecule has 0 saturated carbocycles. The van der Waals surface area contributed by atoms with Crippen molar-refractivity contribution in [3.8, 4) is 0 Å². The minimum atomic E-state index is -0.657. The Morgan fingerprint density at radius 3 is 2.73 bits per heavy atom. The number of nitrogens with two attached hydrogens (primary N) is 1. The molecule has 0 aromatic heterocycles. The first-order valence-electron chi connectivity index (χ1n) is 8.55. The predicted molar refractivity (Wildman–Crippen MR) is 97.6 cm³/mol. The third-order valence-electron chi connectivity index (χ3n) is 4.79. The van der Waals surface area contributed by atoms with Gasteiger partial charge in [-0.1, -0.05) is 30.3 Å². The summed E-state index contributed by atoms with van der Waals surface area (Å²) < 4.78 is 0. The number of hydrogen-bond donors (Lipinski definition) is 2. The van der Waals surface area contributed by atoms with Crippen LogP contribution in [-0.4, -0.2) is 33.4 Å². The quantitative estimate of drug-likeness (QED) is 0.487. The number of nitrogen functional groups attached to an aromatic ring is 1. The molecule has 0 radical (unpaired) electrons. The van der Waals surface area contributed by atoms with Crippen LogP contribution in [0.25, 0.3) is 0 Å². The molecule has 0 aliphatic carbocycles. The number of carbonyl (C=O) groups excluding carboxylic acids is 1. The van der Waals surface area contributed by atoms with Gasteiger partial charge in [0, 0.05) is 24.2 Å². The van der Waals surface area contributed by atoms with E-state index in [-0.39, 0.29) is 28.9 Å². The number of nitro benzene ring substituents is 1. The maximum absolute atomic E-state index is 12.8. The average Bonchev–Trinajstić information content (AvgIpc) is 3.10. The van der Waals surface area contributed by atoms with Gasteiger partial charge in [0.25, 0.3) is 11.6 Å². The van der Waals surface area contributed by atoms with E-state index < -0.39 is 11.0 Å². The lowest BCUT2D eigenvalue weighted by atomic mass is 10.00. The fourth-order valence-electron chi connectivity index (χ4n) is 3.42. The Kier molecular flexibility index (Phi) is 5.18. The van der Waals surface area contributed by atoms with Crippen LogP contribution in [0.5, 0.6) is 0 Å². The van der Waals surface area contributed by atoms with Gasteiger partial charge in [-0.3, -0.25) is 14.9 Å². The molecule has 2 atom stereocenters. The summed E-state index contributed by atoms with van der Waals surface area (Å²) in [5.74, 6) is -0.268. The van der Waals surface area contributed by atoms with Gasteiger partial charge in [0.1, 0.15) is 5.69 Å². The number of aliphatic hydroxyl groups excluding tert-OH is 1. The van der Waals surface area contributed by atoms with Crippen molar-refractivity contribution in [1.82, 2.24) is 4.90 Å². The van der Waals surface area contributed by atoms with E-state index >= 15 is 0 Å². The maximum atomic E-state index is 12.8. The van der Waals surface area contributed by atoms with Crippen molar-refractivity contribution in [1.29, 1.82) is 0 Å². The first-order chi connectivity index (χ1) is 12.5. The van der Waals surface area contributed by atoms with Gasteiger partial charge in [0.2, 0.25) is 0 Å². The number of nitro groups is 1. The summed E-state index contributed by atoms with van der Waals surface area (Å²) in [5, 5.41) is 21.5. The molecule has 26 heavy (non-hydrogen) atoms. The van der Waals surface area contributed by atoms with Crippen LogP contribution in [0.15, 0.2) is 48.5 Å². The van der Waals surface area contributed by atoms with Gasteiger partial charge in [-0.25, -0.2) is 0 Å². The Morgan fingerprint density at radius 2 is 2.04 bits per heavy atom. The highest BCUT2D eigenvalue weighted by molar-refractivity contribution is 5.96. The molecule has 7 heteroatoms. The van der Waals surface area contributed by atoms with Crippen LogP contribution in [0.1, 0.15) is 41.3 Å². The number of nitrogens with zero attached hydrogens (tertiary/aromatic N) is 2. The normalized spacial score (nSPS) is 17.9. The number of carbonyl (C=O) groups is 1. The summed E-state index contributed by atoms with van der Waals surface area (Å²) in [7, 11) is 0. The second kappa shape index (κ2) is 7.53. The third-order valence-corrected chi connectivity index (χ3v) is 4.79. The molecule has 0 bridgehead atoms. The molecular formula is C19H21N3O4. The second-order valence-electron chi connectivity index (χ2n) is 6.49. The van der Waals surface area contributed by atoms with Gasteiger partial charge in [0.15, 0.2) is 0 Å². The molecular weight excluding hydrogens is 334 g/mol. The molecule has 3 N–H and O–H groups in total. The van der Waals surface area contributed by atoms with Crippen LogP contribution < -0.4 is 5.73 Å². The minimum absolute atomic E-state index is 0.0315. The van der Waals surface area contributed by atoms with Crippen LogP contribution in [0.2, 0.25) is 0 Å². The molecule has 1 fully saturated rings. The molecule has 0 spiro atoms. The van der Waals surface area contributed by atoms with Crippen molar-refractivity contribution in [2.75, 3.05) is 12.3 Å². The third kappa shape index (κ3) is 3.67. The zero-order chi connectivity index (χ0) is 18.7. The molecule has 1 aliphatic rings. The lowest BCUT2D eigenvalue weighted by Crippen LogP contribution is -2.36. The summed E-state index contributed by atoms with van der Waals surface area (Å²) in [6.07, 6.45) is 1.42. The van der Waals surface area contributed by atoms with Gasteiger partial charge >= 0.3 is 0 Å². The summed E-state index contributed by atoms with van der Waals surface area (Å²) in [4.78, 5) is 25.0. The maximum Gasteiger partial charge on any atom is 0.292 e. The van der Waals surface area contributed by atoms with E-state index in [0.29, 0.717) is 13.0 Å². The van der Waals surface area contributed by atoms with Crippen LogP contribution in [0.4, 0.5) is 11.4 Å². The number of benzene rings is 2. The fourth-order valence-corrected chi connectivity index (χ4v) is 3.42. The first kappa shape index (κ1) is 17.9. The fraction of sp³-hybridized carbons (Fsp3) is 0.316. The largest absolute Gasteiger partial charge is 0.393 e. The van der Waals surface area contributed by atoms with Crippen LogP contribution in [0, 0.1) is 10.1 Å². The topological polar surface area (TPSA) is 110 Å². The van der Waals surface area contributed by atoms with E-state index in [9.17, 15) is 20.0 Å². The van der Waals surface area contributed by atoms with E-state index in [2.05, 4.69) is 0 Å². The number of anilines is 1. The summed E-state index contributed by atoms with van der Waals surface area (Å²) in [6.45, 7) is 0.573. The highest BCUT2D eigenvalue weighted by Crippen LogP contribution is 2.30. The molecule has 2 aromatic rings. The van der Waals surface area contributed by atoms with Gasteiger partial charge < -0.3 is 15.7 Å². The van der Waals surface area contributed by atoms with Gasteiger partial charge in [-0.2, -0.15) is 0 Å². The minimum Gasteiger partial charge on any atom is -0.393 e. The number of aliphatic hydroxyl groups is 1. The molecule has 7 nitrogen and oxygen atoms in total. The summed E-state index contributed by atoms with van der Waals surface area (Å²) in [6, 6.07) is 13.3. The first-order valence-corrected chi connectivity index (χ1v) is 8.55. The Balaban J connectivity index is 1.76. The van der Waals surface area contributed by atoms with Crippen LogP contribution >= 0.6 is 0 Å². The van der Waals surface area contributed by atoms with E-state index in [1.165, 1.54) is 18.2 Å². The predicted octanol–water partition coefficient (Wildman–Crippen LogP) is 2.91. The number of amides is 1. The number of rotatable bonds is 5. The van der Waals surface area contributed by atoms with E-state index in [1.54, 1.807) is 4.90 Å². The Morgan fingerprint density at radius 1 is 1.31 bits per heavy atom. The van der Waals surface area contributed by atoms with Gasteiger partial charge in [-0.05, 0) is 37.0 Å². The number of likely N-dealkylation sites (tertiary alicyclic amines) is 1. The molecule has 1 amide bonds. The van der Waals surface area contributed by atoms with E-state index in [1.807, 2.05) is 30.3 Å². The average molecular weight is 355 g/mol. The molecule has 136 valence electrons. The van der Waals surface area contributed by atoms with Crippen molar-refractivity contribution >= 4 is 17.3 Å².